The van der Waals surface area contributed by atoms with Crippen LogP contribution in [0.25, 0.3) is 0 Å². The van der Waals surface area contributed by atoms with Crippen molar-refractivity contribution in [1.82, 2.24) is 9.78 Å². The third kappa shape index (κ3) is 2.81. The van der Waals surface area contributed by atoms with Crippen LogP contribution in [0, 0.1) is 0 Å². The molecule has 15 heavy (non-hydrogen) atoms. The molecule has 0 atom stereocenters. The van der Waals surface area contributed by atoms with E-state index in [1.165, 1.54) is 0 Å². The lowest BCUT2D eigenvalue weighted by molar-refractivity contribution is -0.115. The number of hydrogen-bond donors (Lipinski definition) is 1. The molecule has 1 N–H and O–H groups in total. The van der Waals surface area contributed by atoms with Crippen LogP contribution in [0.1, 0.15) is 39.8 Å². The van der Waals surface area contributed by atoms with E-state index in [9.17, 15) is 4.79 Å². The summed E-state index contributed by atoms with van der Waals surface area (Å²) in [5.74, 6) is 0.769. The second-order valence-electron chi connectivity index (χ2n) is 4.69. The van der Waals surface area contributed by atoms with Crippen molar-refractivity contribution >= 4 is 11.7 Å². The van der Waals surface area contributed by atoms with E-state index in [2.05, 4.69) is 31.2 Å². The molecule has 0 fully saturated rings. The smallest absolute Gasteiger partial charge is 0.225 e. The van der Waals surface area contributed by atoms with Crippen molar-refractivity contribution in [2.24, 2.45) is 7.05 Å². The number of rotatable bonds is 2. The maximum Gasteiger partial charge on any atom is 0.225 e. The van der Waals surface area contributed by atoms with E-state index in [0.29, 0.717) is 6.42 Å². The molecule has 0 aliphatic carbocycles. The fourth-order valence-corrected chi connectivity index (χ4v) is 1.18. The minimum atomic E-state index is 0.00690. The highest BCUT2D eigenvalue weighted by atomic mass is 16.1. The summed E-state index contributed by atoms with van der Waals surface area (Å²) in [6.07, 6.45) is 0.482. The molecular formula is C11H19N3O. The molecule has 0 spiro atoms. The van der Waals surface area contributed by atoms with Gasteiger partial charge >= 0.3 is 0 Å². The molecule has 0 radical (unpaired) electrons. The Bertz CT molecular complexity index is 360. The molecule has 0 unspecified atom stereocenters. The van der Waals surface area contributed by atoms with E-state index in [1.54, 1.807) is 4.68 Å². The normalized spacial score (nSPS) is 11.5. The second kappa shape index (κ2) is 4.04. The molecule has 0 saturated carbocycles. The summed E-state index contributed by atoms with van der Waals surface area (Å²) in [5, 5.41) is 7.19. The van der Waals surface area contributed by atoms with Gasteiger partial charge < -0.3 is 5.32 Å². The molecular weight excluding hydrogens is 190 g/mol. The van der Waals surface area contributed by atoms with Gasteiger partial charge in [0.15, 0.2) is 0 Å². The van der Waals surface area contributed by atoms with Crippen LogP contribution in [0.2, 0.25) is 0 Å². The molecule has 4 nitrogen and oxygen atoms in total. The lowest BCUT2D eigenvalue weighted by atomic mass is 9.92. The molecule has 1 amide bonds. The van der Waals surface area contributed by atoms with Gasteiger partial charge in [0.25, 0.3) is 0 Å². The number of hydrogen-bond acceptors (Lipinski definition) is 2. The van der Waals surface area contributed by atoms with E-state index >= 15 is 0 Å². The largest absolute Gasteiger partial charge is 0.311 e. The van der Waals surface area contributed by atoms with Gasteiger partial charge in [-0.2, -0.15) is 5.10 Å². The standard InChI is InChI=1S/C11H19N3O/c1-6-10(15)12-9-7-8(11(2,3)4)13-14(9)5/h7H,6H2,1-5H3,(H,12,15). The summed E-state index contributed by atoms with van der Waals surface area (Å²) in [6.45, 7) is 8.12. The van der Waals surface area contributed by atoms with Crippen LogP contribution in [0.15, 0.2) is 6.07 Å². The van der Waals surface area contributed by atoms with E-state index in [0.717, 1.165) is 11.5 Å². The first kappa shape index (κ1) is 11.8. The highest BCUT2D eigenvalue weighted by Gasteiger charge is 2.19. The molecule has 0 aliphatic rings. The summed E-state index contributed by atoms with van der Waals surface area (Å²) in [6, 6.07) is 1.92. The first-order valence-electron chi connectivity index (χ1n) is 5.19. The van der Waals surface area contributed by atoms with E-state index in [-0.39, 0.29) is 11.3 Å². The van der Waals surface area contributed by atoms with Crippen LogP contribution >= 0.6 is 0 Å². The Balaban J connectivity index is 2.92. The average Bonchev–Trinajstić information content (AvgIpc) is 2.47. The topological polar surface area (TPSA) is 46.9 Å². The maximum atomic E-state index is 11.2. The molecule has 1 heterocycles. The lowest BCUT2D eigenvalue weighted by Gasteiger charge is -2.13. The van der Waals surface area contributed by atoms with Crippen molar-refractivity contribution in [1.29, 1.82) is 0 Å². The van der Waals surface area contributed by atoms with Gasteiger partial charge in [0.2, 0.25) is 5.91 Å². The van der Waals surface area contributed by atoms with Gasteiger partial charge in [-0.3, -0.25) is 9.48 Å². The Morgan fingerprint density at radius 2 is 2.13 bits per heavy atom. The number of amides is 1. The molecule has 0 saturated heterocycles. The minimum Gasteiger partial charge on any atom is -0.311 e. The highest BCUT2D eigenvalue weighted by molar-refractivity contribution is 5.89. The predicted molar refractivity (Wildman–Crippen MR) is 60.8 cm³/mol. The third-order valence-corrected chi connectivity index (χ3v) is 2.24. The molecule has 1 aromatic heterocycles. The Kier molecular flexibility index (Phi) is 3.17. The van der Waals surface area contributed by atoms with Crippen molar-refractivity contribution in [2.45, 2.75) is 39.5 Å². The molecule has 4 heteroatoms. The Morgan fingerprint density at radius 1 is 1.53 bits per heavy atom. The van der Waals surface area contributed by atoms with Crippen LogP contribution in [0.4, 0.5) is 5.82 Å². The van der Waals surface area contributed by atoms with Crippen LogP contribution in [0.3, 0.4) is 0 Å². The number of aryl methyl sites for hydroxylation is 1. The first-order chi connectivity index (χ1) is 6.84. The molecule has 0 bridgehead atoms. The fourth-order valence-electron chi connectivity index (χ4n) is 1.18. The van der Waals surface area contributed by atoms with Crippen molar-refractivity contribution < 1.29 is 4.79 Å². The second-order valence-corrected chi connectivity index (χ2v) is 4.69. The molecule has 0 aliphatic heterocycles. The van der Waals surface area contributed by atoms with E-state index in [4.69, 9.17) is 0 Å². The Morgan fingerprint density at radius 3 is 2.53 bits per heavy atom. The monoisotopic (exact) mass is 209 g/mol. The number of aromatic nitrogens is 2. The number of carbonyl (C=O) groups excluding carboxylic acids is 1. The molecule has 84 valence electrons. The number of carbonyl (C=O) groups is 1. The lowest BCUT2D eigenvalue weighted by Crippen LogP contribution is -2.12. The zero-order valence-electron chi connectivity index (χ0n) is 10.1. The zero-order valence-corrected chi connectivity index (χ0v) is 10.1. The molecule has 0 aromatic carbocycles. The number of nitrogens with one attached hydrogen (secondary N) is 1. The highest BCUT2D eigenvalue weighted by Crippen LogP contribution is 2.23. The van der Waals surface area contributed by atoms with E-state index in [1.807, 2.05) is 20.0 Å². The average molecular weight is 209 g/mol. The van der Waals surface area contributed by atoms with Crippen LogP contribution in [0.5, 0.6) is 0 Å². The van der Waals surface area contributed by atoms with Gasteiger partial charge in [0.1, 0.15) is 5.82 Å². The van der Waals surface area contributed by atoms with Gasteiger partial charge in [0.05, 0.1) is 5.69 Å². The first-order valence-corrected chi connectivity index (χ1v) is 5.19. The Hall–Kier alpha value is -1.32. The van der Waals surface area contributed by atoms with Crippen LogP contribution in [-0.4, -0.2) is 15.7 Å². The van der Waals surface area contributed by atoms with Gasteiger partial charge in [-0.15, -0.1) is 0 Å². The summed E-state index contributed by atoms with van der Waals surface area (Å²) >= 11 is 0. The van der Waals surface area contributed by atoms with Crippen molar-refractivity contribution in [3.8, 4) is 0 Å². The summed E-state index contributed by atoms with van der Waals surface area (Å²) < 4.78 is 1.70. The van der Waals surface area contributed by atoms with Crippen LogP contribution < -0.4 is 5.32 Å². The van der Waals surface area contributed by atoms with Gasteiger partial charge in [-0.05, 0) is 0 Å². The van der Waals surface area contributed by atoms with Crippen LogP contribution in [-0.2, 0) is 17.3 Å². The van der Waals surface area contributed by atoms with Gasteiger partial charge in [-0.25, -0.2) is 0 Å². The fraction of sp³-hybridized carbons (Fsp3) is 0.636. The molecule has 1 aromatic rings. The number of anilines is 1. The van der Waals surface area contributed by atoms with Gasteiger partial charge in [-0.1, -0.05) is 27.7 Å². The number of nitrogens with zero attached hydrogens (tertiary/aromatic N) is 2. The summed E-state index contributed by atoms with van der Waals surface area (Å²) in [7, 11) is 1.83. The molecule has 1 rings (SSSR count). The minimum absolute atomic E-state index is 0.00690. The summed E-state index contributed by atoms with van der Waals surface area (Å²) in [4.78, 5) is 11.2. The zero-order chi connectivity index (χ0) is 11.6. The maximum absolute atomic E-state index is 11.2. The predicted octanol–water partition coefficient (Wildman–Crippen LogP) is 2.07. The SMILES string of the molecule is CCC(=O)Nc1cc(C(C)(C)C)nn1C. The summed E-state index contributed by atoms with van der Waals surface area (Å²) in [5.41, 5.74) is 0.990. The third-order valence-electron chi connectivity index (χ3n) is 2.24. The quantitative estimate of drug-likeness (QED) is 0.810. The van der Waals surface area contributed by atoms with Gasteiger partial charge in [0, 0.05) is 24.9 Å². The van der Waals surface area contributed by atoms with Crippen molar-refractivity contribution in [2.75, 3.05) is 5.32 Å². The van der Waals surface area contributed by atoms with E-state index < -0.39 is 0 Å². The van der Waals surface area contributed by atoms with Crippen molar-refractivity contribution in [3.05, 3.63) is 11.8 Å². The van der Waals surface area contributed by atoms with Crippen molar-refractivity contribution in [3.63, 3.8) is 0 Å². The Labute approximate surface area is 90.7 Å².